The maximum atomic E-state index is 10.1. The number of alkyl halides is 1. The third kappa shape index (κ3) is 3.07. The highest BCUT2D eigenvalue weighted by Crippen LogP contribution is 2.26. The lowest BCUT2D eigenvalue weighted by Gasteiger charge is -2.07. The molecule has 3 heteroatoms. The van der Waals surface area contributed by atoms with Gasteiger partial charge in [0.1, 0.15) is 12.0 Å². The summed E-state index contributed by atoms with van der Waals surface area (Å²) in [5, 5.41) is 8.87. The number of hydrogen-bond donors (Lipinski definition) is 1. The predicted octanol–water partition coefficient (Wildman–Crippen LogP) is 2.65. The van der Waals surface area contributed by atoms with Gasteiger partial charge in [0.15, 0.2) is 0 Å². The van der Waals surface area contributed by atoms with E-state index in [0.29, 0.717) is 12.8 Å². The molecular weight excluding hydrogens is 188 g/mol. The summed E-state index contributed by atoms with van der Waals surface area (Å²) in [6.45, 7) is 0. The molecule has 0 spiro atoms. The molecule has 0 fully saturated rings. The molecule has 0 radical (unpaired) electrons. The SMILES string of the molecule is O=CCCC(Cl)c1ccc(O)cc1. The first-order chi connectivity index (χ1) is 6.24. The fourth-order valence-corrected chi connectivity index (χ4v) is 1.34. The van der Waals surface area contributed by atoms with E-state index in [-0.39, 0.29) is 11.1 Å². The van der Waals surface area contributed by atoms with Crippen LogP contribution in [0.5, 0.6) is 5.75 Å². The molecule has 1 aromatic carbocycles. The number of aldehydes is 1. The number of rotatable bonds is 4. The van der Waals surface area contributed by atoms with Gasteiger partial charge in [0.25, 0.3) is 0 Å². The Morgan fingerprint density at radius 3 is 2.54 bits per heavy atom. The molecule has 1 N–H and O–H groups in total. The third-order valence-corrected chi connectivity index (χ3v) is 2.26. The minimum atomic E-state index is -0.147. The first-order valence-corrected chi connectivity index (χ1v) is 4.54. The van der Waals surface area contributed by atoms with Gasteiger partial charge in [0.2, 0.25) is 0 Å². The number of carbonyl (C=O) groups excluding carboxylic acids is 1. The van der Waals surface area contributed by atoms with E-state index < -0.39 is 0 Å². The van der Waals surface area contributed by atoms with Crippen LogP contribution in [-0.2, 0) is 4.79 Å². The molecular formula is C10H11ClO2. The Kier molecular flexibility index (Phi) is 3.77. The lowest BCUT2D eigenvalue weighted by Crippen LogP contribution is -1.90. The van der Waals surface area contributed by atoms with Crippen LogP contribution in [0.3, 0.4) is 0 Å². The number of phenols is 1. The van der Waals surface area contributed by atoms with E-state index >= 15 is 0 Å². The molecule has 2 nitrogen and oxygen atoms in total. The van der Waals surface area contributed by atoms with Gasteiger partial charge in [0, 0.05) is 6.42 Å². The number of hydrogen-bond acceptors (Lipinski definition) is 2. The first-order valence-electron chi connectivity index (χ1n) is 4.10. The zero-order chi connectivity index (χ0) is 9.68. The molecule has 0 saturated heterocycles. The van der Waals surface area contributed by atoms with Crippen LogP contribution in [0.15, 0.2) is 24.3 Å². The van der Waals surface area contributed by atoms with Crippen molar-refractivity contribution in [3.05, 3.63) is 29.8 Å². The van der Waals surface area contributed by atoms with Crippen LogP contribution in [0.1, 0.15) is 23.8 Å². The van der Waals surface area contributed by atoms with Crippen molar-refractivity contribution in [3.63, 3.8) is 0 Å². The van der Waals surface area contributed by atoms with Crippen molar-refractivity contribution >= 4 is 17.9 Å². The molecule has 0 saturated carbocycles. The summed E-state index contributed by atoms with van der Waals surface area (Å²) in [7, 11) is 0. The van der Waals surface area contributed by atoms with E-state index in [1.807, 2.05) is 0 Å². The Labute approximate surface area is 82.2 Å². The van der Waals surface area contributed by atoms with Crippen molar-refractivity contribution in [3.8, 4) is 5.75 Å². The van der Waals surface area contributed by atoms with Gasteiger partial charge in [-0.1, -0.05) is 12.1 Å². The van der Waals surface area contributed by atoms with E-state index in [2.05, 4.69) is 0 Å². The number of benzene rings is 1. The molecule has 70 valence electrons. The molecule has 0 bridgehead atoms. The molecule has 0 aliphatic carbocycles. The van der Waals surface area contributed by atoms with Crippen molar-refractivity contribution in [1.82, 2.24) is 0 Å². The van der Waals surface area contributed by atoms with Crippen molar-refractivity contribution < 1.29 is 9.90 Å². The molecule has 1 unspecified atom stereocenters. The van der Waals surface area contributed by atoms with Crippen LogP contribution >= 0.6 is 11.6 Å². The minimum absolute atomic E-state index is 0.147. The molecule has 1 atom stereocenters. The van der Waals surface area contributed by atoms with Gasteiger partial charge in [-0.15, -0.1) is 11.6 Å². The zero-order valence-corrected chi connectivity index (χ0v) is 7.87. The molecule has 0 aliphatic heterocycles. The summed E-state index contributed by atoms with van der Waals surface area (Å²) in [5.74, 6) is 0.225. The van der Waals surface area contributed by atoms with E-state index in [1.54, 1.807) is 24.3 Å². The van der Waals surface area contributed by atoms with Gasteiger partial charge in [-0.3, -0.25) is 0 Å². The molecule has 13 heavy (non-hydrogen) atoms. The first kappa shape index (κ1) is 10.1. The normalized spacial score (nSPS) is 12.4. The largest absolute Gasteiger partial charge is 0.508 e. The topological polar surface area (TPSA) is 37.3 Å². The van der Waals surface area contributed by atoms with E-state index in [1.165, 1.54) is 0 Å². The molecule has 0 amide bonds. The van der Waals surface area contributed by atoms with E-state index in [4.69, 9.17) is 16.7 Å². The Bertz CT molecular complexity index is 269. The molecule has 1 rings (SSSR count). The Hall–Kier alpha value is -1.02. The standard InChI is InChI=1S/C10H11ClO2/c11-10(2-1-7-12)8-3-5-9(13)6-4-8/h3-7,10,13H,1-2H2. The number of phenolic OH excluding ortho intramolecular Hbond substituents is 1. The highest BCUT2D eigenvalue weighted by Gasteiger charge is 2.06. The average Bonchev–Trinajstić information content (AvgIpc) is 2.15. The lowest BCUT2D eigenvalue weighted by molar-refractivity contribution is -0.107. The molecule has 1 aromatic rings. The van der Waals surface area contributed by atoms with Crippen LogP contribution in [0.4, 0.5) is 0 Å². The maximum Gasteiger partial charge on any atom is 0.120 e. The van der Waals surface area contributed by atoms with Crippen molar-refractivity contribution in [1.29, 1.82) is 0 Å². The number of halogens is 1. The average molecular weight is 199 g/mol. The van der Waals surface area contributed by atoms with Gasteiger partial charge in [-0.2, -0.15) is 0 Å². The van der Waals surface area contributed by atoms with E-state index in [9.17, 15) is 4.79 Å². The monoisotopic (exact) mass is 198 g/mol. The van der Waals surface area contributed by atoms with Crippen LogP contribution < -0.4 is 0 Å². The molecule has 0 aromatic heterocycles. The van der Waals surface area contributed by atoms with Gasteiger partial charge >= 0.3 is 0 Å². The second-order valence-corrected chi connectivity index (χ2v) is 3.33. The van der Waals surface area contributed by atoms with E-state index in [0.717, 1.165) is 11.8 Å². The Morgan fingerprint density at radius 1 is 1.38 bits per heavy atom. The highest BCUT2D eigenvalue weighted by molar-refractivity contribution is 6.20. The smallest absolute Gasteiger partial charge is 0.120 e. The van der Waals surface area contributed by atoms with Gasteiger partial charge in [0.05, 0.1) is 5.38 Å². The summed E-state index contributed by atoms with van der Waals surface area (Å²) in [4.78, 5) is 10.1. The van der Waals surface area contributed by atoms with Crippen molar-refractivity contribution in [2.45, 2.75) is 18.2 Å². The second kappa shape index (κ2) is 4.87. The predicted molar refractivity (Wildman–Crippen MR) is 52.0 cm³/mol. The zero-order valence-electron chi connectivity index (χ0n) is 7.11. The van der Waals surface area contributed by atoms with Crippen LogP contribution in [0.2, 0.25) is 0 Å². The fourth-order valence-electron chi connectivity index (χ4n) is 1.06. The van der Waals surface area contributed by atoms with Gasteiger partial charge in [-0.05, 0) is 24.1 Å². The number of aromatic hydroxyl groups is 1. The van der Waals surface area contributed by atoms with Crippen LogP contribution in [-0.4, -0.2) is 11.4 Å². The summed E-state index contributed by atoms with van der Waals surface area (Å²) in [5.41, 5.74) is 0.932. The summed E-state index contributed by atoms with van der Waals surface area (Å²) in [6.07, 6.45) is 1.96. The summed E-state index contributed by atoms with van der Waals surface area (Å²) < 4.78 is 0. The van der Waals surface area contributed by atoms with Crippen molar-refractivity contribution in [2.75, 3.05) is 0 Å². The quantitative estimate of drug-likeness (QED) is 0.597. The maximum absolute atomic E-state index is 10.1. The molecule has 0 aliphatic rings. The second-order valence-electron chi connectivity index (χ2n) is 2.80. The fraction of sp³-hybridized carbons (Fsp3) is 0.300. The lowest BCUT2D eigenvalue weighted by atomic mass is 10.1. The summed E-state index contributed by atoms with van der Waals surface area (Å²) in [6, 6.07) is 6.70. The number of carbonyl (C=O) groups is 1. The van der Waals surface area contributed by atoms with Crippen LogP contribution in [0, 0.1) is 0 Å². The Morgan fingerprint density at radius 2 is 2.00 bits per heavy atom. The highest BCUT2D eigenvalue weighted by atomic mass is 35.5. The summed E-state index contributed by atoms with van der Waals surface area (Å²) >= 11 is 6.00. The Balaban J connectivity index is 2.60. The van der Waals surface area contributed by atoms with Gasteiger partial charge in [-0.25, -0.2) is 0 Å². The molecule has 0 heterocycles. The van der Waals surface area contributed by atoms with Crippen molar-refractivity contribution in [2.24, 2.45) is 0 Å². The minimum Gasteiger partial charge on any atom is -0.508 e. The van der Waals surface area contributed by atoms with Gasteiger partial charge < -0.3 is 9.90 Å². The van der Waals surface area contributed by atoms with Crippen LogP contribution in [0.25, 0.3) is 0 Å². The third-order valence-electron chi connectivity index (χ3n) is 1.79.